The van der Waals surface area contributed by atoms with Gasteiger partial charge in [0, 0.05) is 19.6 Å². The van der Waals surface area contributed by atoms with Gasteiger partial charge in [0.1, 0.15) is 0 Å². The van der Waals surface area contributed by atoms with Crippen molar-refractivity contribution in [3.63, 3.8) is 0 Å². The molecule has 1 aliphatic heterocycles. The van der Waals surface area contributed by atoms with Gasteiger partial charge in [-0.3, -0.25) is 4.90 Å². The predicted octanol–water partition coefficient (Wildman–Crippen LogP) is 3.58. The average molecular weight is 229 g/mol. The molecule has 0 saturated heterocycles. The third-order valence-corrected chi connectivity index (χ3v) is 4.22. The van der Waals surface area contributed by atoms with Gasteiger partial charge in [-0.05, 0) is 47.8 Å². The normalized spacial score (nSPS) is 20.6. The van der Waals surface area contributed by atoms with Gasteiger partial charge in [-0.25, -0.2) is 0 Å². The van der Waals surface area contributed by atoms with Gasteiger partial charge >= 0.3 is 0 Å². The Labute approximate surface area is 105 Å². The minimum Gasteiger partial charge on any atom is -0.298 e. The molecule has 1 aromatic rings. The number of nitrogens with zero attached hydrogens (tertiary/aromatic N) is 1. The first kappa shape index (κ1) is 11.3. The number of fused-ring (bicyclic) bond motifs is 1. The van der Waals surface area contributed by atoms with Crippen LogP contribution in [0.4, 0.5) is 0 Å². The van der Waals surface area contributed by atoms with Crippen LogP contribution < -0.4 is 0 Å². The number of hydrogen-bond acceptors (Lipinski definition) is 1. The first-order valence-corrected chi connectivity index (χ1v) is 7.07. The van der Waals surface area contributed by atoms with Crippen molar-refractivity contribution in [2.24, 2.45) is 5.92 Å². The van der Waals surface area contributed by atoms with Crippen LogP contribution in [0.25, 0.3) is 0 Å². The molecule has 0 aromatic heterocycles. The second-order valence-electron chi connectivity index (χ2n) is 6.07. The molecular weight excluding hydrogens is 206 g/mol. The van der Waals surface area contributed by atoms with Crippen LogP contribution >= 0.6 is 0 Å². The van der Waals surface area contributed by atoms with E-state index in [1.807, 2.05) is 0 Å². The zero-order chi connectivity index (χ0) is 11.8. The van der Waals surface area contributed by atoms with Gasteiger partial charge in [-0.15, -0.1) is 0 Å². The number of rotatable bonds is 3. The monoisotopic (exact) mass is 229 g/mol. The highest BCUT2D eigenvalue weighted by molar-refractivity contribution is 5.38. The van der Waals surface area contributed by atoms with E-state index >= 15 is 0 Å². The summed E-state index contributed by atoms with van der Waals surface area (Å²) in [7, 11) is 0. The maximum absolute atomic E-state index is 2.67. The average Bonchev–Trinajstić information content (AvgIpc) is 3.12. The fourth-order valence-corrected chi connectivity index (χ4v) is 3.03. The summed E-state index contributed by atoms with van der Waals surface area (Å²) in [4.78, 5) is 2.67. The number of hydrogen-bond donors (Lipinski definition) is 0. The molecule has 2 aliphatic rings. The Morgan fingerprint density at radius 2 is 2.12 bits per heavy atom. The van der Waals surface area contributed by atoms with E-state index in [2.05, 4.69) is 36.9 Å². The predicted molar refractivity (Wildman–Crippen MR) is 72.2 cm³/mol. The summed E-state index contributed by atoms with van der Waals surface area (Å²) in [6.07, 6.45) is 4.19. The van der Waals surface area contributed by atoms with Gasteiger partial charge < -0.3 is 0 Å². The molecule has 1 heteroatoms. The summed E-state index contributed by atoms with van der Waals surface area (Å²) in [6.45, 7) is 8.43. The fourth-order valence-electron chi connectivity index (χ4n) is 3.03. The Morgan fingerprint density at radius 3 is 2.82 bits per heavy atom. The first-order chi connectivity index (χ1) is 8.24. The topological polar surface area (TPSA) is 3.24 Å². The second kappa shape index (κ2) is 4.45. The van der Waals surface area contributed by atoms with Gasteiger partial charge in [0.15, 0.2) is 0 Å². The first-order valence-electron chi connectivity index (χ1n) is 7.07. The molecule has 0 N–H and O–H groups in total. The van der Waals surface area contributed by atoms with E-state index in [-0.39, 0.29) is 0 Å². The van der Waals surface area contributed by atoms with E-state index in [1.54, 1.807) is 16.7 Å². The van der Waals surface area contributed by atoms with Crippen LogP contribution in [0, 0.1) is 5.92 Å². The highest BCUT2D eigenvalue weighted by atomic mass is 15.1. The summed E-state index contributed by atoms with van der Waals surface area (Å²) in [6, 6.07) is 6.89. The van der Waals surface area contributed by atoms with Crippen molar-refractivity contribution < 1.29 is 0 Å². The lowest BCUT2D eigenvalue weighted by Crippen LogP contribution is -2.33. The Balaban J connectivity index is 1.82. The standard InChI is InChI=1S/C16H23N/c1-12(2)15-5-3-4-14-8-9-17(11-16(14)15)10-13-6-7-13/h3-5,12-13H,6-11H2,1-2H3. The van der Waals surface area contributed by atoms with E-state index < -0.39 is 0 Å². The summed E-state index contributed by atoms with van der Waals surface area (Å²) in [5, 5.41) is 0. The molecule has 1 nitrogen and oxygen atoms in total. The quantitative estimate of drug-likeness (QED) is 0.766. The largest absolute Gasteiger partial charge is 0.298 e. The summed E-state index contributed by atoms with van der Waals surface area (Å²) in [5.74, 6) is 1.67. The Kier molecular flexibility index (Phi) is 2.96. The van der Waals surface area contributed by atoms with Crippen LogP contribution in [-0.2, 0) is 13.0 Å². The zero-order valence-electron chi connectivity index (χ0n) is 11.1. The van der Waals surface area contributed by atoms with Crippen LogP contribution in [-0.4, -0.2) is 18.0 Å². The molecule has 0 amide bonds. The highest BCUT2D eigenvalue weighted by Gasteiger charge is 2.27. The van der Waals surface area contributed by atoms with E-state index in [0.29, 0.717) is 5.92 Å². The molecule has 0 radical (unpaired) electrons. The minimum atomic E-state index is 0.658. The molecule has 0 spiro atoms. The van der Waals surface area contributed by atoms with Crippen molar-refractivity contribution in [3.05, 3.63) is 34.9 Å². The molecule has 0 unspecified atom stereocenters. The Hall–Kier alpha value is -0.820. The molecule has 1 heterocycles. The lowest BCUT2D eigenvalue weighted by atomic mass is 9.89. The van der Waals surface area contributed by atoms with E-state index in [4.69, 9.17) is 0 Å². The van der Waals surface area contributed by atoms with Crippen molar-refractivity contribution in [1.29, 1.82) is 0 Å². The van der Waals surface area contributed by atoms with Crippen LogP contribution in [0.3, 0.4) is 0 Å². The molecule has 1 aliphatic carbocycles. The third-order valence-electron chi connectivity index (χ3n) is 4.22. The summed E-state index contributed by atoms with van der Waals surface area (Å²) >= 11 is 0. The molecule has 1 saturated carbocycles. The second-order valence-corrected chi connectivity index (χ2v) is 6.07. The lowest BCUT2D eigenvalue weighted by Gasteiger charge is -2.31. The highest BCUT2D eigenvalue weighted by Crippen LogP contribution is 2.33. The smallest absolute Gasteiger partial charge is 0.0239 e. The molecule has 3 rings (SSSR count). The van der Waals surface area contributed by atoms with Crippen molar-refractivity contribution >= 4 is 0 Å². The Morgan fingerprint density at radius 1 is 1.29 bits per heavy atom. The van der Waals surface area contributed by atoms with Gasteiger partial charge in [0.25, 0.3) is 0 Å². The van der Waals surface area contributed by atoms with Crippen LogP contribution in [0.5, 0.6) is 0 Å². The van der Waals surface area contributed by atoms with Crippen LogP contribution in [0.2, 0.25) is 0 Å². The zero-order valence-corrected chi connectivity index (χ0v) is 11.1. The number of benzene rings is 1. The molecule has 92 valence electrons. The molecule has 1 fully saturated rings. The third kappa shape index (κ3) is 2.40. The molecule has 0 atom stereocenters. The van der Waals surface area contributed by atoms with Crippen molar-refractivity contribution in [2.45, 2.75) is 45.6 Å². The van der Waals surface area contributed by atoms with Crippen LogP contribution in [0.15, 0.2) is 18.2 Å². The maximum Gasteiger partial charge on any atom is 0.0239 e. The fraction of sp³-hybridized carbons (Fsp3) is 0.625. The van der Waals surface area contributed by atoms with Crippen LogP contribution in [0.1, 0.15) is 49.3 Å². The molecule has 17 heavy (non-hydrogen) atoms. The lowest BCUT2D eigenvalue weighted by molar-refractivity contribution is 0.242. The van der Waals surface area contributed by atoms with E-state index in [9.17, 15) is 0 Å². The Bertz CT molecular complexity index is 404. The molecule has 0 bridgehead atoms. The van der Waals surface area contributed by atoms with Crippen molar-refractivity contribution in [1.82, 2.24) is 4.90 Å². The summed E-state index contributed by atoms with van der Waals surface area (Å²) < 4.78 is 0. The van der Waals surface area contributed by atoms with E-state index in [0.717, 1.165) is 5.92 Å². The maximum atomic E-state index is 2.67. The van der Waals surface area contributed by atoms with Crippen molar-refractivity contribution in [2.75, 3.05) is 13.1 Å². The van der Waals surface area contributed by atoms with Gasteiger partial charge in [0.05, 0.1) is 0 Å². The molecular formula is C16H23N. The van der Waals surface area contributed by atoms with Gasteiger partial charge in [-0.1, -0.05) is 32.0 Å². The van der Waals surface area contributed by atoms with Gasteiger partial charge in [-0.2, -0.15) is 0 Å². The van der Waals surface area contributed by atoms with Crippen molar-refractivity contribution in [3.8, 4) is 0 Å². The van der Waals surface area contributed by atoms with E-state index in [1.165, 1.54) is 38.9 Å². The summed E-state index contributed by atoms with van der Waals surface area (Å²) in [5.41, 5.74) is 4.81. The molecule has 1 aromatic carbocycles. The van der Waals surface area contributed by atoms with Gasteiger partial charge in [0.2, 0.25) is 0 Å². The minimum absolute atomic E-state index is 0.658. The SMILES string of the molecule is CC(C)c1cccc2c1CN(CC1CC1)CC2.